The number of carbonyl (C=O) groups is 2. The van der Waals surface area contributed by atoms with E-state index in [4.69, 9.17) is 0 Å². The Morgan fingerprint density at radius 3 is 2.25 bits per heavy atom. The van der Waals surface area contributed by atoms with E-state index in [1.165, 1.54) is 19.3 Å². The van der Waals surface area contributed by atoms with Gasteiger partial charge in [0.25, 0.3) is 0 Å². The fourth-order valence-corrected chi connectivity index (χ4v) is 10.5. The number of allylic oxidation sites excluding steroid dienone is 2. The van der Waals surface area contributed by atoms with Crippen LogP contribution in [0.15, 0.2) is 12.2 Å². The molecule has 4 saturated carbocycles. The molecule has 0 amide bonds. The van der Waals surface area contributed by atoms with Crippen LogP contribution in [0.2, 0.25) is 0 Å². The van der Waals surface area contributed by atoms with Crippen LogP contribution in [-0.2, 0) is 9.59 Å². The maximum Gasteiger partial charge on any atom is 0.139 e. The summed E-state index contributed by atoms with van der Waals surface area (Å²) < 4.78 is 0. The van der Waals surface area contributed by atoms with Gasteiger partial charge in [0.2, 0.25) is 0 Å². The quantitative estimate of drug-likeness (QED) is 0.373. The second kappa shape index (κ2) is 6.60. The van der Waals surface area contributed by atoms with Gasteiger partial charge in [-0.25, -0.2) is 0 Å². The van der Waals surface area contributed by atoms with Crippen LogP contribution >= 0.6 is 0 Å². The molecule has 0 N–H and O–H groups in total. The maximum absolute atomic E-state index is 13.9. The maximum atomic E-state index is 13.9. The normalized spacial score (nSPS) is 56.6. The minimum atomic E-state index is -0.281. The zero-order valence-corrected chi connectivity index (χ0v) is 21.9. The van der Waals surface area contributed by atoms with Crippen LogP contribution in [0.25, 0.3) is 0 Å². The van der Waals surface area contributed by atoms with Crippen LogP contribution in [0.3, 0.4) is 0 Å². The summed E-state index contributed by atoms with van der Waals surface area (Å²) in [5.41, 5.74) is -0.224. The van der Waals surface area contributed by atoms with Gasteiger partial charge in [0.1, 0.15) is 11.6 Å². The molecule has 2 heteroatoms. The Kier molecular flexibility index (Phi) is 4.71. The molecular weight excluding hydrogens is 392 g/mol. The summed E-state index contributed by atoms with van der Waals surface area (Å²) in [4.78, 5) is 26.8. The van der Waals surface area contributed by atoms with E-state index in [1.807, 2.05) is 0 Å². The predicted molar refractivity (Wildman–Crippen MR) is 130 cm³/mol. The molecule has 0 heterocycles. The van der Waals surface area contributed by atoms with Crippen molar-refractivity contribution in [1.29, 1.82) is 0 Å². The van der Waals surface area contributed by atoms with Crippen molar-refractivity contribution in [2.45, 2.75) is 100 Å². The molecule has 5 aliphatic carbocycles. The molecular formula is C30H46O2. The zero-order chi connectivity index (χ0) is 23.5. The number of Topliss-reactive ketones (excluding diaryl/α,β-unsaturated/α-hetero) is 2. The Morgan fingerprint density at radius 1 is 0.875 bits per heavy atom. The highest BCUT2D eigenvalue weighted by molar-refractivity contribution is 5.87. The SMILES string of the molecule is C[C@@H]1[C@H]2[C@H]3CC[C@@H]4[C@@]5(C)CCC(=O)C(C)(C)[C@@H]5C=C[C@@]4(C)[C@]3(C)CC(=O)[C@@]2(C)CC[C@@H]1C. The van der Waals surface area contributed by atoms with Crippen LogP contribution in [-0.4, -0.2) is 11.6 Å². The van der Waals surface area contributed by atoms with Gasteiger partial charge in [0, 0.05) is 23.7 Å². The van der Waals surface area contributed by atoms with Crippen LogP contribution in [0.5, 0.6) is 0 Å². The third-order valence-corrected chi connectivity index (χ3v) is 13.0. The highest BCUT2D eigenvalue weighted by atomic mass is 16.1. The number of rotatable bonds is 0. The second-order valence-electron chi connectivity index (χ2n) is 14.3. The molecule has 0 aromatic rings. The van der Waals surface area contributed by atoms with Crippen molar-refractivity contribution < 1.29 is 9.59 Å². The first-order chi connectivity index (χ1) is 14.7. The third-order valence-electron chi connectivity index (χ3n) is 13.0. The average molecular weight is 439 g/mol. The van der Waals surface area contributed by atoms with Gasteiger partial charge in [0.15, 0.2) is 0 Å². The van der Waals surface area contributed by atoms with Gasteiger partial charge in [-0.15, -0.1) is 0 Å². The summed E-state index contributed by atoms with van der Waals surface area (Å²) in [5, 5.41) is 0. The number of hydrogen-bond acceptors (Lipinski definition) is 2. The zero-order valence-electron chi connectivity index (χ0n) is 21.9. The van der Waals surface area contributed by atoms with Crippen LogP contribution in [0.4, 0.5) is 0 Å². The molecule has 178 valence electrons. The van der Waals surface area contributed by atoms with Crippen molar-refractivity contribution in [2.75, 3.05) is 0 Å². The molecule has 4 fully saturated rings. The van der Waals surface area contributed by atoms with Gasteiger partial charge in [-0.2, -0.15) is 0 Å². The second-order valence-corrected chi connectivity index (χ2v) is 14.3. The van der Waals surface area contributed by atoms with E-state index in [0.29, 0.717) is 47.1 Å². The van der Waals surface area contributed by atoms with Crippen molar-refractivity contribution in [3.05, 3.63) is 12.2 Å². The Bertz CT molecular complexity index is 883. The van der Waals surface area contributed by atoms with Crippen LogP contribution in [0.1, 0.15) is 100 Å². The summed E-state index contributed by atoms with van der Waals surface area (Å²) in [6, 6.07) is 0. The average Bonchev–Trinajstić information content (AvgIpc) is 2.70. The fourth-order valence-electron chi connectivity index (χ4n) is 10.5. The summed E-state index contributed by atoms with van der Waals surface area (Å²) in [5.74, 6) is 4.29. The van der Waals surface area contributed by atoms with Crippen LogP contribution < -0.4 is 0 Å². The lowest BCUT2D eigenvalue weighted by atomic mass is 9.32. The molecule has 5 rings (SSSR count). The minimum Gasteiger partial charge on any atom is -0.299 e. The molecule has 32 heavy (non-hydrogen) atoms. The molecule has 0 unspecified atom stereocenters. The molecule has 10 atom stereocenters. The standard InChI is InChI=1S/C30H46O2/c1-18-11-14-28(6)24(32)17-30(8)20(25(28)19(18)2)9-10-22-27(5)15-13-23(31)26(3,4)21(27)12-16-29(22,30)7/h12,16,18-22,25H,9-11,13-15,17H2,1-8H3/t18-,19-,20+,21-,22+,25-,27-,28+,29+,30+/m0/s1. The monoisotopic (exact) mass is 438 g/mol. The minimum absolute atomic E-state index is 0.0125. The highest BCUT2D eigenvalue weighted by Crippen LogP contribution is 2.74. The molecule has 0 bridgehead atoms. The Morgan fingerprint density at radius 2 is 1.56 bits per heavy atom. The van der Waals surface area contributed by atoms with E-state index < -0.39 is 0 Å². The lowest BCUT2D eigenvalue weighted by Crippen LogP contribution is -2.67. The van der Waals surface area contributed by atoms with Crippen LogP contribution in [0, 0.1) is 62.6 Å². The molecule has 0 saturated heterocycles. The first-order valence-corrected chi connectivity index (χ1v) is 13.5. The number of hydrogen-bond donors (Lipinski definition) is 0. The fraction of sp³-hybridized carbons (Fsp3) is 0.867. The van der Waals surface area contributed by atoms with E-state index in [1.54, 1.807) is 0 Å². The number of fused-ring (bicyclic) bond motifs is 7. The number of ketones is 2. The lowest BCUT2D eigenvalue weighted by Gasteiger charge is -2.71. The predicted octanol–water partition coefficient (Wildman–Crippen LogP) is 7.27. The topological polar surface area (TPSA) is 34.1 Å². The van der Waals surface area contributed by atoms with Gasteiger partial charge >= 0.3 is 0 Å². The molecule has 2 nitrogen and oxygen atoms in total. The van der Waals surface area contributed by atoms with E-state index in [9.17, 15) is 9.59 Å². The number of carbonyl (C=O) groups excluding carboxylic acids is 2. The molecule has 0 radical (unpaired) electrons. The lowest BCUT2D eigenvalue weighted by molar-refractivity contribution is -0.206. The molecule has 5 aliphatic rings. The Labute approximate surface area is 196 Å². The van der Waals surface area contributed by atoms with E-state index in [2.05, 4.69) is 67.5 Å². The van der Waals surface area contributed by atoms with Crippen molar-refractivity contribution >= 4 is 11.6 Å². The molecule has 0 aromatic heterocycles. The first kappa shape index (κ1) is 22.9. The van der Waals surface area contributed by atoms with Gasteiger partial charge in [0.05, 0.1) is 0 Å². The first-order valence-electron chi connectivity index (χ1n) is 13.5. The van der Waals surface area contributed by atoms with E-state index in [0.717, 1.165) is 25.7 Å². The third kappa shape index (κ3) is 2.48. The highest BCUT2D eigenvalue weighted by Gasteiger charge is 2.70. The van der Waals surface area contributed by atoms with Gasteiger partial charge in [-0.3, -0.25) is 9.59 Å². The van der Waals surface area contributed by atoms with E-state index in [-0.39, 0.29) is 27.1 Å². The summed E-state index contributed by atoms with van der Waals surface area (Å²) in [7, 11) is 0. The van der Waals surface area contributed by atoms with Crippen molar-refractivity contribution in [2.24, 2.45) is 62.6 Å². The van der Waals surface area contributed by atoms with Gasteiger partial charge in [-0.1, -0.05) is 67.5 Å². The smallest absolute Gasteiger partial charge is 0.139 e. The van der Waals surface area contributed by atoms with Crippen molar-refractivity contribution in [1.82, 2.24) is 0 Å². The largest absolute Gasteiger partial charge is 0.299 e. The Balaban J connectivity index is 1.62. The summed E-state index contributed by atoms with van der Waals surface area (Å²) in [6.45, 7) is 19.0. The van der Waals surface area contributed by atoms with Gasteiger partial charge < -0.3 is 0 Å². The summed E-state index contributed by atoms with van der Waals surface area (Å²) in [6.07, 6.45) is 12.2. The molecule has 0 aromatic carbocycles. The van der Waals surface area contributed by atoms with Crippen molar-refractivity contribution in [3.8, 4) is 0 Å². The van der Waals surface area contributed by atoms with Gasteiger partial charge in [-0.05, 0) is 83.9 Å². The molecule has 0 spiro atoms. The van der Waals surface area contributed by atoms with Crippen molar-refractivity contribution in [3.63, 3.8) is 0 Å². The Hall–Kier alpha value is -0.920. The van der Waals surface area contributed by atoms with E-state index >= 15 is 0 Å². The summed E-state index contributed by atoms with van der Waals surface area (Å²) >= 11 is 0. The molecule has 0 aliphatic heterocycles.